The maximum atomic E-state index is 11.5. The van der Waals surface area contributed by atoms with E-state index in [-0.39, 0.29) is 5.91 Å². The minimum absolute atomic E-state index is 0.164. The van der Waals surface area contributed by atoms with Crippen LogP contribution in [-0.2, 0) is 4.79 Å². The summed E-state index contributed by atoms with van der Waals surface area (Å²) >= 11 is 0. The van der Waals surface area contributed by atoms with Crippen molar-refractivity contribution >= 4 is 23.4 Å². The number of likely N-dealkylation sites (tertiary alicyclic amines) is 2. The summed E-state index contributed by atoms with van der Waals surface area (Å²) in [6.45, 7) is 8.27. The summed E-state index contributed by atoms with van der Waals surface area (Å²) < 4.78 is 11.5. The van der Waals surface area contributed by atoms with E-state index >= 15 is 0 Å². The number of hydrogen-bond acceptors (Lipinski definition) is 8. The van der Waals surface area contributed by atoms with Gasteiger partial charge >= 0.3 is 0 Å². The minimum Gasteiger partial charge on any atom is -0.493 e. The van der Waals surface area contributed by atoms with Crippen molar-refractivity contribution in [2.45, 2.75) is 39.0 Å². The number of carbonyl (C=O) groups is 1. The molecule has 1 aromatic carbocycles. The highest BCUT2D eigenvalue weighted by molar-refractivity contribution is 5.73. The van der Waals surface area contributed by atoms with Gasteiger partial charge in [-0.05, 0) is 69.3 Å². The molecule has 0 spiro atoms. The standard InChI is InChI=1S/C26H38N6O3/c1-20(33)32-15-9-21(10-16-32)19-28-25-8-11-27-26(30-25)29-22-6-7-23(34-2)24(18-22)35-17-5-14-31-12-3-4-13-31/h6-8,11,18,21H,3-5,9-10,12-17,19H2,1-2H3,(H2,27,28,29,30). The van der Waals surface area contributed by atoms with Crippen molar-refractivity contribution in [3.63, 3.8) is 0 Å². The average molecular weight is 483 g/mol. The first-order valence-corrected chi connectivity index (χ1v) is 12.7. The number of hydrogen-bond donors (Lipinski definition) is 2. The molecule has 0 saturated carbocycles. The molecule has 0 atom stereocenters. The SMILES string of the molecule is COc1ccc(Nc2nccc(NCC3CCN(C(C)=O)CC3)n2)cc1OCCCN1CCCC1. The minimum atomic E-state index is 0.164. The molecule has 0 radical (unpaired) electrons. The quantitative estimate of drug-likeness (QED) is 0.468. The molecule has 35 heavy (non-hydrogen) atoms. The van der Waals surface area contributed by atoms with Crippen LogP contribution in [-0.4, -0.2) is 78.7 Å². The third-order valence-corrected chi connectivity index (χ3v) is 6.78. The van der Waals surface area contributed by atoms with Crippen LogP contribution < -0.4 is 20.1 Å². The molecule has 9 heteroatoms. The second kappa shape index (κ2) is 12.6. The van der Waals surface area contributed by atoms with Crippen LogP contribution in [0.2, 0.25) is 0 Å². The zero-order chi connectivity index (χ0) is 24.5. The molecule has 9 nitrogen and oxygen atoms in total. The molecule has 0 aliphatic carbocycles. The Kier molecular flexibility index (Phi) is 9.00. The maximum Gasteiger partial charge on any atom is 0.229 e. The largest absolute Gasteiger partial charge is 0.493 e. The highest BCUT2D eigenvalue weighted by atomic mass is 16.5. The Hall–Kier alpha value is -3.07. The summed E-state index contributed by atoms with van der Waals surface area (Å²) in [5.74, 6) is 3.42. The molecule has 2 fully saturated rings. The zero-order valence-corrected chi connectivity index (χ0v) is 21.0. The van der Waals surface area contributed by atoms with Gasteiger partial charge in [0, 0.05) is 51.1 Å². The molecule has 2 aliphatic rings. The number of benzene rings is 1. The number of rotatable bonds is 11. The van der Waals surface area contributed by atoms with Gasteiger partial charge in [-0.1, -0.05) is 0 Å². The molecule has 0 unspecified atom stereocenters. The first-order chi connectivity index (χ1) is 17.1. The molecule has 2 aromatic rings. The van der Waals surface area contributed by atoms with Crippen LogP contribution in [0.1, 0.15) is 39.0 Å². The van der Waals surface area contributed by atoms with Crippen molar-refractivity contribution in [1.29, 1.82) is 0 Å². The number of anilines is 3. The Bertz CT molecular complexity index is 958. The smallest absolute Gasteiger partial charge is 0.229 e. The molecular formula is C26H38N6O3. The van der Waals surface area contributed by atoms with Gasteiger partial charge in [-0.25, -0.2) is 4.98 Å². The van der Waals surface area contributed by atoms with E-state index in [1.165, 1.54) is 25.9 Å². The van der Waals surface area contributed by atoms with Crippen molar-refractivity contribution in [2.24, 2.45) is 5.92 Å². The van der Waals surface area contributed by atoms with Gasteiger partial charge in [-0.3, -0.25) is 4.79 Å². The zero-order valence-electron chi connectivity index (χ0n) is 21.0. The van der Waals surface area contributed by atoms with Gasteiger partial charge in [-0.15, -0.1) is 0 Å². The normalized spacial score (nSPS) is 16.8. The molecule has 2 N–H and O–H groups in total. The first kappa shape index (κ1) is 25.0. The fourth-order valence-corrected chi connectivity index (χ4v) is 4.69. The third kappa shape index (κ3) is 7.45. The lowest BCUT2D eigenvalue weighted by atomic mass is 9.97. The van der Waals surface area contributed by atoms with E-state index in [1.807, 2.05) is 29.2 Å². The summed E-state index contributed by atoms with van der Waals surface area (Å²) in [6.07, 6.45) is 7.37. The van der Waals surface area contributed by atoms with Gasteiger partial charge < -0.3 is 29.9 Å². The Balaban J connectivity index is 1.28. The van der Waals surface area contributed by atoms with Gasteiger partial charge in [0.1, 0.15) is 5.82 Å². The topological polar surface area (TPSA) is 91.9 Å². The second-order valence-corrected chi connectivity index (χ2v) is 9.34. The van der Waals surface area contributed by atoms with Crippen LogP contribution in [0.3, 0.4) is 0 Å². The van der Waals surface area contributed by atoms with E-state index in [1.54, 1.807) is 20.2 Å². The molecule has 1 amide bonds. The Morgan fingerprint density at radius 2 is 1.91 bits per heavy atom. The summed E-state index contributed by atoms with van der Waals surface area (Å²) in [4.78, 5) is 24.9. The van der Waals surface area contributed by atoms with Crippen LogP contribution in [0.15, 0.2) is 30.5 Å². The van der Waals surface area contributed by atoms with Gasteiger partial charge in [0.15, 0.2) is 11.5 Å². The number of nitrogens with zero attached hydrogens (tertiary/aromatic N) is 4. The van der Waals surface area contributed by atoms with Crippen LogP contribution in [0.25, 0.3) is 0 Å². The van der Waals surface area contributed by atoms with E-state index in [4.69, 9.17) is 9.47 Å². The lowest BCUT2D eigenvalue weighted by Gasteiger charge is -2.31. The Morgan fingerprint density at radius 1 is 1.11 bits per heavy atom. The van der Waals surface area contributed by atoms with Crippen LogP contribution in [0.4, 0.5) is 17.5 Å². The molecule has 1 aromatic heterocycles. The van der Waals surface area contributed by atoms with Gasteiger partial charge in [0.25, 0.3) is 0 Å². The fraction of sp³-hybridized carbons (Fsp3) is 0.577. The van der Waals surface area contributed by atoms with Crippen LogP contribution in [0, 0.1) is 5.92 Å². The van der Waals surface area contributed by atoms with E-state index in [2.05, 4.69) is 25.5 Å². The predicted octanol–water partition coefficient (Wildman–Crippen LogP) is 3.76. The number of nitrogens with one attached hydrogen (secondary N) is 2. The van der Waals surface area contributed by atoms with Crippen molar-refractivity contribution in [3.05, 3.63) is 30.5 Å². The number of aromatic nitrogens is 2. The highest BCUT2D eigenvalue weighted by Crippen LogP contribution is 2.31. The second-order valence-electron chi connectivity index (χ2n) is 9.34. The van der Waals surface area contributed by atoms with E-state index in [9.17, 15) is 4.79 Å². The van der Waals surface area contributed by atoms with Gasteiger partial charge in [-0.2, -0.15) is 4.98 Å². The van der Waals surface area contributed by atoms with Crippen molar-refractivity contribution in [1.82, 2.24) is 19.8 Å². The van der Waals surface area contributed by atoms with Crippen LogP contribution >= 0.6 is 0 Å². The molecule has 4 rings (SSSR count). The molecule has 2 saturated heterocycles. The molecular weight excluding hydrogens is 444 g/mol. The summed E-state index contributed by atoms with van der Waals surface area (Å²) in [7, 11) is 1.65. The first-order valence-electron chi connectivity index (χ1n) is 12.7. The van der Waals surface area contributed by atoms with E-state index in [0.29, 0.717) is 30.0 Å². The van der Waals surface area contributed by atoms with E-state index < -0.39 is 0 Å². The molecule has 190 valence electrons. The number of amides is 1. The monoisotopic (exact) mass is 482 g/mol. The highest BCUT2D eigenvalue weighted by Gasteiger charge is 2.20. The van der Waals surface area contributed by atoms with Crippen molar-refractivity contribution < 1.29 is 14.3 Å². The lowest BCUT2D eigenvalue weighted by Crippen LogP contribution is -2.38. The van der Waals surface area contributed by atoms with E-state index in [0.717, 1.165) is 56.9 Å². The Labute approximate surface area is 208 Å². The van der Waals surface area contributed by atoms with Crippen LogP contribution in [0.5, 0.6) is 11.5 Å². The number of ether oxygens (including phenoxy) is 2. The molecule has 2 aliphatic heterocycles. The fourth-order valence-electron chi connectivity index (χ4n) is 4.69. The Morgan fingerprint density at radius 3 is 2.66 bits per heavy atom. The summed E-state index contributed by atoms with van der Waals surface area (Å²) in [6, 6.07) is 7.63. The van der Waals surface area contributed by atoms with Gasteiger partial charge in [0.05, 0.1) is 13.7 Å². The third-order valence-electron chi connectivity index (χ3n) is 6.78. The summed E-state index contributed by atoms with van der Waals surface area (Å²) in [5, 5.41) is 6.71. The summed E-state index contributed by atoms with van der Waals surface area (Å²) in [5.41, 5.74) is 0.842. The lowest BCUT2D eigenvalue weighted by molar-refractivity contribution is -0.130. The number of methoxy groups -OCH3 is 1. The van der Waals surface area contributed by atoms with Crippen molar-refractivity contribution in [2.75, 3.05) is 63.6 Å². The molecule has 0 bridgehead atoms. The predicted molar refractivity (Wildman–Crippen MR) is 138 cm³/mol. The number of carbonyl (C=O) groups excluding carboxylic acids is 1. The van der Waals surface area contributed by atoms with Crippen molar-refractivity contribution in [3.8, 4) is 11.5 Å². The molecule has 3 heterocycles. The van der Waals surface area contributed by atoms with Gasteiger partial charge in [0.2, 0.25) is 11.9 Å². The maximum absolute atomic E-state index is 11.5. The number of piperidine rings is 1. The average Bonchev–Trinajstić information content (AvgIpc) is 3.40.